The average Bonchev–Trinajstić information content (AvgIpc) is 3.46. The molecule has 0 aliphatic heterocycles. The Morgan fingerprint density at radius 3 is 2.32 bits per heavy atom. The molecule has 176 valence electrons. The van der Waals surface area contributed by atoms with Crippen LogP contribution in [0.5, 0.6) is 0 Å². The fourth-order valence-corrected chi connectivity index (χ4v) is 4.11. The van der Waals surface area contributed by atoms with E-state index in [4.69, 9.17) is 4.74 Å². The molecule has 1 heterocycles. The molecule has 0 radical (unpaired) electrons. The third-order valence-corrected chi connectivity index (χ3v) is 5.94. The van der Waals surface area contributed by atoms with E-state index < -0.39 is 29.9 Å². The second-order valence-corrected chi connectivity index (χ2v) is 8.29. The summed E-state index contributed by atoms with van der Waals surface area (Å²) in [6.45, 7) is 1.79. The number of aromatic nitrogens is 2. The lowest BCUT2D eigenvalue weighted by atomic mass is 9.98. The Kier molecular flexibility index (Phi) is 6.91. The number of H-pyrrole nitrogens is 1. The van der Waals surface area contributed by atoms with Gasteiger partial charge in [-0.2, -0.15) is 0 Å². The Bertz CT molecular complexity index is 1130. The third-order valence-electron chi connectivity index (χ3n) is 5.94. The molecule has 0 saturated heterocycles. The van der Waals surface area contributed by atoms with E-state index in [1.807, 2.05) is 36.4 Å². The van der Waals surface area contributed by atoms with Gasteiger partial charge >= 0.3 is 12.1 Å². The van der Waals surface area contributed by atoms with E-state index in [2.05, 4.69) is 32.7 Å². The number of benzene rings is 2. The number of carbonyl (C=O) groups excluding carboxylic acids is 2. The largest absolute Gasteiger partial charge is 0.480 e. The summed E-state index contributed by atoms with van der Waals surface area (Å²) < 4.78 is 5.47. The summed E-state index contributed by atoms with van der Waals surface area (Å²) in [4.78, 5) is 42.9. The highest BCUT2D eigenvalue weighted by atomic mass is 16.5. The second kappa shape index (κ2) is 10.2. The van der Waals surface area contributed by atoms with Gasteiger partial charge in [-0.25, -0.2) is 14.6 Å². The molecule has 1 aliphatic rings. The van der Waals surface area contributed by atoms with Crippen molar-refractivity contribution in [2.45, 2.75) is 25.3 Å². The second-order valence-electron chi connectivity index (χ2n) is 8.29. The zero-order valence-corrected chi connectivity index (χ0v) is 18.7. The SMILES string of the molecule is CC(CNC(=O)OCC1c2ccccc2-c2ccccc21)C(=O)N[C@@H](Cc1cnc[nH]1)C(=O)O. The van der Waals surface area contributed by atoms with Crippen molar-refractivity contribution in [2.24, 2.45) is 5.92 Å². The lowest BCUT2D eigenvalue weighted by Gasteiger charge is -2.18. The van der Waals surface area contributed by atoms with Gasteiger partial charge in [0.2, 0.25) is 5.91 Å². The van der Waals surface area contributed by atoms with Gasteiger partial charge in [-0.05, 0) is 22.3 Å². The van der Waals surface area contributed by atoms with Crippen LogP contribution in [0.15, 0.2) is 61.1 Å². The van der Waals surface area contributed by atoms with Gasteiger partial charge in [0.15, 0.2) is 0 Å². The number of aromatic amines is 1. The van der Waals surface area contributed by atoms with Crippen LogP contribution >= 0.6 is 0 Å². The number of carbonyl (C=O) groups is 3. The molecule has 4 rings (SSSR count). The summed E-state index contributed by atoms with van der Waals surface area (Å²) in [6, 6.07) is 15.0. The fraction of sp³-hybridized carbons (Fsp3) is 0.280. The summed E-state index contributed by atoms with van der Waals surface area (Å²) in [6.07, 6.45) is 2.39. The molecule has 0 bridgehead atoms. The minimum absolute atomic E-state index is 0.0128. The molecule has 3 aromatic rings. The summed E-state index contributed by atoms with van der Waals surface area (Å²) in [5.41, 5.74) is 5.10. The molecule has 1 unspecified atom stereocenters. The van der Waals surface area contributed by atoms with Gasteiger partial charge in [0.25, 0.3) is 0 Å². The number of aliphatic carboxylic acids is 1. The van der Waals surface area contributed by atoms with E-state index in [9.17, 15) is 19.5 Å². The van der Waals surface area contributed by atoms with Crippen LogP contribution in [-0.4, -0.2) is 52.2 Å². The number of hydrogen-bond acceptors (Lipinski definition) is 5. The highest BCUT2D eigenvalue weighted by Crippen LogP contribution is 2.44. The molecule has 1 aromatic heterocycles. The predicted octanol–water partition coefficient (Wildman–Crippen LogP) is 2.70. The number of nitrogens with one attached hydrogen (secondary N) is 3. The van der Waals surface area contributed by atoms with E-state index in [1.165, 1.54) is 12.5 Å². The summed E-state index contributed by atoms with van der Waals surface area (Å²) >= 11 is 0. The molecule has 1 aliphatic carbocycles. The topological polar surface area (TPSA) is 133 Å². The summed E-state index contributed by atoms with van der Waals surface area (Å²) in [5.74, 6) is -2.34. The number of hydrogen-bond donors (Lipinski definition) is 4. The number of ether oxygens (including phenoxy) is 1. The lowest BCUT2D eigenvalue weighted by molar-refractivity contribution is -0.142. The number of nitrogens with zero attached hydrogens (tertiary/aromatic N) is 1. The number of amides is 2. The standard InChI is InChI=1S/C25H26N4O5/c1-15(23(30)29-22(24(31)32)10-16-12-26-14-28-16)11-27-25(33)34-13-21-19-8-4-2-6-17(19)18-7-3-5-9-20(18)21/h2-9,12,14-15,21-22H,10-11,13H2,1H3,(H,26,28)(H,27,33)(H,29,30)(H,31,32)/t15?,22-/m0/s1. The van der Waals surface area contributed by atoms with Crippen molar-refractivity contribution in [2.75, 3.05) is 13.2 Å². The number of alkyl carbamates (subject to hydrolysis) is 1. The third kappa shape index (κ3) is 5.09. The normalized spacial score (nSPS) is 13.9. The smallest absolute Gasteiger partial charge is 0.407 e. The van der Waals surface area contributed by atoms with Gasteiger partial charge in [0.1, 0.15) is 12.6 Å². The van der Waals surface area contributed by atoms with Gasteiger partial charge in [-0.1, -0.05) is 55.5 Å². The van der Waals surface area contributed by atoms with Gasteiger partial charge in [0, 0.05) is 30.8 Å². The van der Waals surface area contributed by atoms with E-state index in [0.717, 1.165) is 22.3 Å². The van der Waals surface area contributed by atoms with E-state index in [0.29, 0.717) is 5.69 Å². The maximum atomic E-state index is 12.4. The minimum atomic E-state index is -1.15. The molecule has 2 atom stereocenters. The van der Waals surface area contributed by atoms with Crippen LogP contribution in [0.4, 0.5) is 4.79 Å². The van der Waals surface area contributed by atoms with Crippen molar-refractivity contribution in [1.29, 1.82) is 0 Å². The molecular weight excluding hydrogens is 436 g/mol. The predicted molar refractivity (Wildman–Crippen MR) is 124 cm³/mol. The van der Waals surface area contributed by atoms with Crippen LogP contribution < -0.4 is 10.6 Å². The van der Waals surface area contributed by atoms with E-state index in [1.54, 1.807) is 6.92 Å². The van der Waals surface area contributed by atoms with Crippen molar-refractivity contribution in [3.8, 4) is 11.1 Å². The number of fused-ring (bicyclic) bond motifs is 3. The first kappa shape index (κ1) is 23.0. The Balaban J connectivity index is 1.28. The highest BCUT2D eigenvalue weighted by Gasteiger charge is 2.29. The van der Waals surface area contributed by atoms with Crippen molar-refractivity contribution >= 4 is 18.0 Å². The van der Waals surface area contributed by atoms with Crippen LogP contribution in [0.25, 0.3) is 11.1 Å². The van der Waals surface area contributed by atoms with Crippen molar-refractivity contribution in [3.05, 3.63) is 77.9 Å². The van der Waals surface area contributed by atoms with Crippen molar-refractivity contribution in [1.82, 2.24) is 20.6 Å². The fourth-order valence-electron chi connectivity index (χ4n) is 4.11. The first-order valence-corrected chi connectivity index (χ1v) is 11.0. The van der Waals surface area contributed by atoms with E-state index in [-0.39, 0.29) is 25.5 Å². The van der Waals surface area contributed by atoms with Gasteiger partial charge < -0.3 is 25.5 Å². The first-order chi connectivity index (χ1) is 16.4. The summed E-state index contributed by atoms with van der Waals surface area (Å²) in [5, 5.41) is 14.5. The number of rotatable bonds is 9. The van der Waals surface area contributed by atoms with Gasteiger partial charge in [0.05, 0.1) is 12.2 Å². The van der Waals surface area contributed by atoms with Crippen molar-refractivity contribution in [3.63, 3.8) is 0 Å². The Morgan fingerprint density at radius 2 is 1.74 bits per heavy atom. The Labute approximate surface area is 196 Å². The maximum Gasteiger partial charge on any atom is 0.407 e. The Hall–Kier alpha value is -4.14. The zero-order chi connectivity index (χ0) is 24.1. The summed E-state index contributed by atoms with van der Waals surface area (Å²) in [7, 11) is 0. The molecule has 2 aromatic carbocycles. The first-order valence-electron chi connectivity index (χ1n) is 11.0. The molecule has 34 heavy (non-hydrogen) atoms. The minimum Gasteiger partial charge on any atom is -0.480 e. The molecule has 2 amide bonds. The number of carboxylic acids is 1. The molecular formula is C25H26N4O5. The van der Waals surface area contributed by atoms with Crippen LogP contribution in [-0.2, 0) is 20.7 Å². The molecule has 9 heteroatoms. The maximum absolute atomic E-state index is 12.4. The van der Waals surface area contributed by atoms with Crippen LogP contribution in [0.1, 0.15) is 29.7 Å². The lowest BCUT2D eigenvalue weighted by Crippen LogP contribution is -2.46. The van der Waals surface area contributed by atoms with Gasteiger partial charge in [-0.3, -0.25) is 4.79 Å². The number of imidazole rings is 1. The van der Waals surface area contributed by atoms with E-state index >= 15 is 0 Å². The zero-order valence-electron chi connectivity index (χ0n) is 18.7. The molecule has 4 N–H and O–H groups in total. The van der Waals surface area contributed by atoms with Crippen LogP contribution in [0, 0.1) is 5.92 Å². The average molecular weight is 463 g/mol. The van der Waals surface area contributed by atoms with Crippen LogP contribution in [0.3, 0.4) is 0 Å². The molecule has 0 spiro atoms. The van der Waals surface area contributed by atoms with Crippen LogP contribution in [0.2, 0.25) is 0 Å². The van der Waals surface area contributed by atoms with Crippen molar-refractivity contribution < 1.29 is 24.2 Å². The molecule has 0 fully saturated rings. The quantitative estimate of drug-likeness (QED) is 0.386. The van der Waals surface area contributed by atoms with Gasteiger partial charge in [-0.15, -0.1) is 0 Å². The highest BCUT2D eigenvalue weighted by molar-refractivity contribution is 5.85. The monoisotopic (exact) mass is 462 g/mol. The number of carboxylic acid groups (broad SMARTS) is 1. The molecule has 0 saturated carbocycles. The Morgan fingerprint density at radius 1 is 1.09 bits per heavy atom. The molecule has 9 nitrogen and oxygen atoms in total.